The maximum absolute atomic E-state index is 5.85. The zero-order valence-corrected chi connectivity index (χ0v) is 14.5. The van der Waals surface area contributed by atoms with Gasteiger partial charge in [-0.2, -0.15) is 0 Å². The summed E-state index contributed by atoms with van der Waals surface area (Å²) in [5.74, 6) is 0.859. The zero-order chi connectivity index (χ0) is 17.2. The van der Waals surface area contributed by atoms with Crippen molar-refractivity contribution in [1.29, 1.82) is 0 Å². The Balaban J connectivity index is 2.04. The van der Waals surface area contributed by atoms with E-state index in [1.165, 1.54) is 5.56 Å². The highest BCUT2D eigenvalue weighted by Crippen LogP contribution is 2.27. The van der Waals surface area contributed by atoms with E-state index in [2.05, 4.69) is 55.3 Å². The van der Waals surface area contributed by atoms with Crippen LogP contribution in [0.5, 0.6) is 0 Å². The van der Waals surface area contributed by atoms with Gasteiger partial charge in [0.1, 0.15) is 5.82 Å². The number of fused-ring (bicyclic) bond motifs is 1. The van der Waals surface area contributed by atoms with Gasteiger partial charge in [-0.3, -0.25) is 4.98 Å². The first-order chi connectivity index (χ1) is 11.5. The molecule has 4 heteroatoms. The molecule has 3 rings (SSSR count). The molecule has 1 aromatic carbocycles. The molecular weight excluding hydrogens is 296 g/mol. The van der Waals surface area contributed by atoms with Crippen LogP contribution in [-0.4, -0.2) is 23.1 Å². The Bertz CT molecular complexity index is 838. The highest BCUT2D eigenvalue weighted by molar-refractivity contribution is 5.91. The standard InChI is InChI=1S/C20H24N4/c1-14-6-8-15(9-7-14)17-11-18-16(5-4-10-22-18)19(24-17)23-13-20(2,3)12-21/h4-11H,12-13,21H2,1-3H3,(H,23,24). The van der Waals surface area contributed by atoms with Gasteiger partial charge in [0.15, 0.2) is 0 Å². The van der Waals surface area contributed by atoms with Gasteiger partial charge >= 0.3 is 0 Å². The predicted octanol–water partition coefficient (Wildman–Crippen LogP) is 4.00. The lowest BCUT2D eigenvalue weighted by molar-refractivity contribution is 0.405. The van der Waals surface area contributed by atoms with Gasteiger partial charge in [-0.25, -0.2) is 4.98 Å². The third-order valence-electron chi connectivity index (χ3n) is 4.23. The second-order valence-corrected chi connectivity index (χ2v) is 7.01. The molecule has 0 amide bonds. The Hall–Kier alpha value is -2.46. The number of benzene rings is 1. The molecule has 124 valence electrons. The molecular formula is C20H24N4. The minimum absolute atomic E-state index is 0.01000. The Morgan fingerprint density at radius 2 is 1.88 bits per heavy atom. The van der Waals surface area contributed by atoms with E-state index in [0.29, 0.717) is 6.54 Å². The number of anilines is 1. The number of nitrogens with two attached hydrogens (primary N) is 1. The van der Waals surface area contributed by atoms with Crippen LogP contribution in [-0.2, 0) is 0 Å². The lowest BCUT2D eigenvalue weighted by Gasteiger charge is -2.23. The van der Waals surface area contributed by atoms with Crippen LogP contribution in [0.2, 0.25) is 0 Å². The second kappa shape index (κ2) is 6.57. The molecule has 0 saturated heterocycles. The van der Waals surface area contributed by atoms with Crippen molar-refractivity contribution in [2.75, 3.05) is 18.4 Å². The van der Waals surface area contributed by atoms with Gasteiger partial charge in [-0.15, -0.1) is 0 Å². The van der Waals surface area contributed by atoms with Crippen molar-refractivity contribution in [1.82, 2.24) is 9.97 Å². The molecule has 0 radical (unpaired) electrons. The number of hydrogen-bond acceptors (Lipinski definition) is 4. The van der Waals surface area contributed by atoms with Crippen LogP contribution in [0.3, 0.4) is 0 Å². The number of hydrogen-bond donors (Lipinski definition) is 2. The third-order valence-corrected chi connectivity index (χ3v) is 4.23. The summed E-state index contributed by atoms with van der Waals surface area (Å²) in [6.07, 6.45) is 1.81. The van der Waals surface area contributed by atoms with Crippen LogP contribution >= 0.6 is 0 Å². The molecule has 0 unspecified atom stereocenters. The number of pyridine rings is 2. The van der Waals surface area contributed by atoms with Crippen molar-refractivity contribution in [2.45, 2.75) is 20.8 Å². The number of nitrogens with zero attached hydrogens (tertiary/aromatic N) is 2. The van der Waals surface area contributed by atoms with E-state index in [4.69, 9.17) is 10.7 Å². The maximum atomic E-state index is 5.85. The normalized spacial score (nSPS) is 11.7. The molecule has 0 aliphatic heterocycles. The Kier molecular flexibility index (Phi) is 4.49. The summed E-state index contributed by atoms with van der Waals surface area (Å²) < 4.78 is 0. The first kappa shape index (κ1) is 16.4. The first-order valence-corrected chi connectivity index (χ1v) is 8.25. The van der Waals surface area contributed by atoms with Gasteiger partial charge in [-0.1, -0.05) is 43.7 Å². The second-order valence-electron chi connectivity index (χ2n) is 7.01. The summed E-state index contributed by atoms with van der Waals surface area (Å²) in [4.78, 5) is 9.35. The van der Waals surface area contributed by atoms with Crippen molar-refractivity contribution in [3.8, 4) is 11.3 Å². The van der Waals surface area contributed by atoms with Gasteiger partial charge in [0.05, 0.1) is 11.2 Å². The van der Waals surface area contributed by atoms with Crippen LogP contribution in [0, 0.1) is 12.3 Å². The van der Waals surface area contributed by atoms with Crippen molar-refractivity contribution >= 4 is 16.7 Å². The predicted molar refractivity (Wildman–Crippen MR) is 101 cm³/mol. The summed E-state index contributed by atoms with van der Waals surface area (Å²) in [6, 6.07) is 14.4. The fraction of sp³-hybridized carbons (Fsp3) is 0.300. The first-order valence-electron chi connectivity index (χ1n) is 8.25. The molecule has 2 aromatic heterocycles. The van der Waals surface area contributed by atoms with E-state index in [1.54, 1.807) is 0 Å². The highest BCUT2D eigenvalue weighted by atomic mass is 15.0. The van der Waals surface area contributed by atoms with Gasteiger partial charge in [0.25, 0.3) is 0 Å². The summed E-state index contributed by atoms with van der Waals surface area (Å²) in [5.41, 5.74) is 10.1. The molecule has 3 aromatic rings. The molecule has 0 fully saturated rings. The molecule has 0 atom stereocenters. The average molecular weight is 320 g/mol. The van der Waals surface area contributed by atoms with Crippen LogP contribution in [0.15, 0.2) is 48.7 Å². The molecule has 0 saturated carbocycles. The maximum Gasteiger partial charge on any atom is 0.136 e. The van der Waals surface area contributed by atoms with Gasteiger partial charge < -0.3 is 11.1 Å². The van der Waals surface area contributed by atoms with Crippen LogP contribution < -0.4 is 11.1 Å². The minimum atomic E-state index is 0.01000. The van der Waals surface area contributed by atoms with E-state index in [-0.39, 0.29) is 5.41 Å². The van der Waals surface area contributed by atoms with Crippen molar-refractivity contribution in [3.05, 3.63) is 54.2 Å². The Morgan fingerprint density at radius 3 is 2.58 bits per heavy atom. The Morgan fingerprint density at radius 1 is 1.12 bits per heavy atom. The van der Waals surface area contributed by atoms with E-state index < -0.39 is 0 Å². The molecule has 3 N–H and O–H groups in total. The van der Waals surface area contributed by atoms with Crippen LogP contribution in [0.25, 0.3) is 22.2 Å². The van der Waals surface area contributed by atoms with Crippen molar-refractivity contribution in [3.63, 3.8) is 0 Å². The summed E-state index contributed by atoms with van der Waals surface area (Å²) >= 11 is 0. The smallest absolute Gasteiger partial charge is 0.136 e. The number of nitrogens with one attached hydrogen (secondary N) is 1. The summed E-state index contributed by atoms with van der Waals surface area (Å²) in [6.45, 7) is 7.75. The lowest BCUT2D eigenvalue weighted by atomic mass is 9.94. The minimum Gasteiger partial charge on any atom is -0.369 e. The fourth-order valence-corrected chi connectivity index (χ4v) is 2.48. The van der Waals surface area contributed by atoms with E-state index in [9.17, 15) is 0 Å². The highest BCUT2D eigenvalue weighted by Gasteiger charge is 2.16. The van der Waals surface area contributed by atoms with Crippen molar-refractivity contribution in [2.24, 2.45) is 11.1 Å². The average Bonchev–Trinajstić information content (AvgIpc) is 2.60. The van der Waals surface area contributed by atoms with Crippen LogP contribution in [0.1, 0.15) is 19.4 Å². The summed E-state index contributed by atoms with van der Waals surface area (Å²) in [5, 5.41) is 4.50. The molecule has 0 spiro atoms. The fourth-order valence-electron chi connectivity index (χ4n) is 2.48. The topological polar surface area (TPSA) is 63.8 Å². The largest absolute Gasteiger partial charge is 0.369 e. The molecule has 4 nitrogen and oxygen atoms in total. The zero-order valence-electron chi connectivity index (χ0n) is 14.5. The van der Waals surface area contributed by atoms with Gasteiger partial charge in [-0.05, 0) is 37.1 Å². The monoisotopic (exact) mass is 320 g/mol. The van der Waals surface area contributed by atoms with E-state index in [1.807, 2.05) is 24.4 Å². The number of aromatic nitrogens is 2. The Labute approximate surface area is 143 Å². The molecule has 0 aliphatic carbocycles. The number of aryl methyl sites for hydroxylation is 1. The third kappa shape index (κ3) is 3.54. The summed E-state index contributed by atoms with van der Waals surface area (Å²) in [7, 11) is 0. The molecule has 2 heterocycles. The molecule has 24 heavy (non-hydrogen) atoms. The van der Waals surface area contributed by atoms with Gasteiger partial charge in [0, 0.05) is 23.7 Å². The SMILES string of the molecule is Cc1ccc(-c2cc3ncccc3c(NCC(C)(C)CN)n2)cc1. The van der Waals surface area contributed by atoms with Gasteiger partial charge in [0.2, 0.25) is 0 Å². The molecule has 0 aliphatic rings. The number of rotatable bonds is 5. The molecule has 0 bridgehead atoms. The van der Waals surface area contributed by atoms with Crippen molar-refractivity contribution < 1.29 is 0 Å². The van der Waals surface area contributed by atoms with E-state index in [0.717, 1.165) is 34.5 Å². The quantitative estimate of drug-likeness (QED) is 0.746. The van der Waals surface area contributed by atoms with E-state index >= 15 is 0 Å². The lowest BCUT2D eigenvalue weighted by Crippen LogP contribution is -2.31. The van der Waals surface area contributed by atoms with Crippen LogP contribution in [0.4, 0.5) is 5.82 Å².